The van der Waals surface area contributed by atoms with Gasteiger partial charge in [0.25, 0.3) is 0 Å². The zero-order valence-corrected chi connectivity index (χ0v) is 80.7. The first-order valence-corrected chi connectivity index (χ1v) is 52.7. The molecule has 18 heteroatoms. The van der Waals surface area contributed by atoms with Crippen molar-refractivity contribution in [2.45, 2.75) is 424 Å². The minimum atomic E-state index is -4.96. The van der Waals surface area contributed by atoms with E-state index in [0.29, 0.717) is 19.3 Å². The van der Waals surface area contributed by atoms with Crippen LogP contribution >= 0.6 is 15.6 Å². The van der Waals surface area contributed by atoms with E-state index in [9.17, 15) is 43.5 Å². The monoisotopic (exact) mass is 1780 g/mol. The predicted molar refractivity (Wildman–Crippen MR) is 528 cm³/mol. The zero-order valence-electron chi connectivity index (χ0n) is 79.0. The molecule has 0 spiro atoms. The highest BCUT2D eigenvalue weighted by atomic mass is 31.2. The first-order valence-electron chi connectivity index (χ1n) is 49.7. The van der Waals surface area contributed by atoms with Crippen LogP contribution in [0.5, 0.6) is 0 Å². The molecule has 0 aromatic rings. The molecule has 0 heterocycles. The van der Waals surface area contributed by atoms with Gasteiger partial charge in [0.05, 0.1) is 26.4 Å². The van der Waals surface area contributed by atoms with Crippen LogP contribution < -0.4 is 0 Å². The van der Waals surface area contributed by atoms with Gasteiger partial charge in [-0.05, 0) is 167 Å². The van der Waals surface area contributed by atoms with E-state index in [1.807, 2.05) is 0 Å². The molecular weight excluding hydrogens is 1600 g/mol. The topological polar surface area (TPSA) is 231 Å². The highest BCUT2D eigenvalue weighted by molar-refractivity contribution is 7.47. The predicted octanol–water partition coefficient (Wildman–Crippen LogP) is 31.3. The van der Waals surface area contributed by atoms with E-state index in [1.165, 1.54) is 135 Å². The average molecular weight is 1780 g/mol. The van der Waals surface area contributed by atoms with Crippen LogP contribution in [-0.2, 0) is 55.8 Å². The van der Waals surface area contributed by atoms with Gasteiger partial charge in [-0.15, -0.1) is 0 Å². The Labute approximate surface area is 763 Å². The molecule has 0 aliphatic heterocycles. The maximum Gasteiger partial charge on any atom is 0.472 e. The summed E-state index contributed by atoms with van der Waals surface area (Å²) in [5.74, 6) is -1.59. The molecule has 0 bridgehead atoms. The van der Waals surface area contributed by atoms with Crippen LogP contribution in [0.25, 0.3) is 0 Å². The lowest BCUT2D eigenvalue weighted by atomic mass is 10.0. The quantitative estimate of drug-likeness (QED) is 0.0146. The molecule has 0 rings (SSSR count). The minimum Gasteiger partial charge on any atom is -0.463 e. The molecule has 0 radical (unpaired) electrons. The van der Waals surface area contributed by atoms with Crippen molar-refractivity contribution in [1.29, 1.82) is 0 Å². The van der Waals surface area contributed by atoms with E-state index < -0.39 is 91.5 Å². The largest absolute Gasteiger partial charge is 0.472 e. The number of allylic oxidation sites excluding steroid dienone is 32. The fourth-order valence-corrected chi connectivity index (χ4v) is 14.9. The highest BCUT2D eigenvalue weighted by Gasteiger charge is 2.30. The van der Waals surface area contributed by atoms with Gasteiger partial charge in [-0.2, -0.15) is 0 Å². The molecule has 16 nitrogen and oxygen atoms in total. The molecule has 0 aliphatic rings. The van der Waals surface area contributed by atoms with Crippen molar-refractivity contribution in [3.63, 3.8) is 0 Å². The van der Waals surface area contributed by atoms with E-state index >= 15 is 0 Å². The number of unbranched alkanes of at least 4 members (excludes halogenated alkanes) is 38. The Bertz CT molecular complexity index is 3050. The first kappa shape index (κ1) is 119. The fraction of sp³-hybridized carbons (Fsp3) is 0.673. The van der Waals surface area contributed by atoms with Crippen molar-refractivity contribution >= 4 is 33.6 Å². The van der Waals surface area contributed by atoms with Gasteiger partial charge < -0.3 is 34.2 Å². The summed E-state index contributed by atoms with van der Waals surface area (Å²) in [7, 11) is -9.83. The van der Waals surface area contributed by atoms with Crippen LogP contribution in [0, 0.1) is 0 Å². The number of esters is 3. The molecule has 5 unspecified atom stereocenters. The summed E-state index contributed by atoms with van der Waals surface area (Å²) in [5, 5.41) is 20.8. The molecular formula is C107H180O16P2. The summed E-state index contributed by atoms with van der Waals surface area (Å²) in [6.45, 7) is 2.45. The molecule has 0 aromatic heterocycles. The lowest BCUT2D eigenvalue weighted by molar-refractivity contribution is -0.161. The number of phosphoric ester groups is 2. The number of rotatable bonds is 93. The van der Waals surface area contributed by atoms with Crippen molar-refractivity contribution in [3.05, 3.63) is 194 Å². The van der Waals surface area contributed by atoms with E-state index in [1.54, 1.807) is 0 Å². The molecule has 0 aromatic carbocycles. The second-order valence-electron chi connectivity index (χ2n) is 32.8. The molecule has 0 fully saturated rings. The van der Waals surface area contributed by atoms with Gasteiger partial charge in [-0.1, -0.05) is 414 Å². The van der Waals surface area contributed by atoms with E-state index in [-0.39, 0.29) is 19.3 Å². The van der Waals surface area contributed by atoms with Crippen LogP contribution in [0.3, 0.4) is 0 Å². The van der Waals surface area contributed by atoms with Crippen molar-refractivity contribution in [2.75, 3.05) is 39.6 Å². The summed E-state index contributed by atoms with van der Waals surface area (Å²) < 4.78 is 61.6. The Morgan fingerprint density at radius 3 is 0.672 bits per heavy atom. The third-order valence-electron chi connectivity index (χ3n) is 20.8. The summed E-state index contributed by atoms with van der Waals surface area (Å²) >= 11 is 0. The summed E-state index contributed by atoms with van der Waals surface area (Å²) in [4.78, 5) is 59.2. The van der Waals surface area contributed by atoms with Crippen LogP contribution in [0.15, 0.2) is 194 Å². The molecule has 0 saturated heterocycles. The average Bonchev–Trinajstić information content (AvgIpc) is 0.886. The zero-order chi connectivity index (χ0) is 90.7. The summed E-state index contributed by atoms with van der Waals surface area (Å²) in [6.07, 6.45) is 131. The lowest BCUT2D eigenvalue weighted by Crippen LogP contribution is -2.30. The third kappa shape index (κ3) is 98.8. The fourth-order valence-electron chi connectivity index (χ4n) is 13.3. The van der Waals surface area contributed by atoms with Crippen LogP contribution in [-0.4, -0.2) is 95.9 Å². The Balaban J connectivity index is 4.61. The molecule has 0 saturated carbocycles. The minimum absolute atomic E-state index is 0.0854. The number of carbonyl (C=O) groups is 3. The Morgan fingerprint density at radius 2 is 0.424 bits per heavy atom. The molecule has 0 amide bonds. The first-order chi connectivity index (χ1) is 61.2. The van der Waals surface area contributed by atoms with Crippen molar-refractivity contribution < 1.29 is 75.8 Å². The lowest BCUT2D eigenvalue weighted by Gasteiger charge is -2.21. The van der Waals surface area contributed by atoms with Gasteiger partial charge in [0.1, 0.15) is 25.4 Å². The van der Waals surface area contributed by atoms with Gasteiger partial charge in [0, 0.05) is 19.3 Å². The normalized spacial score (nSPS) is 14.5. The molecule has 714 valence electrons. The third-order valence-corrected chi connectivity index (χ3v) is 22.7. The number of phosphoric acid groups is 2. The number of aliphatic hydroxyl groups excluding tert-OH is 2. The van der Waals surface area contributed by atoms with Gasteiger partial charge in [-0.25, -0.2) is 9.13 Å². The van der Waals surface area contributed by atoms with E-state index in [4.69, 9.17) is 32.3 Å². The number of aliphatic hydroxyl groups is 2. The van der Waals surface area contributed by atoms with Crippen LogP contribution in [0.2, 0.25) is 0 Å². The highest BCUT2D eigenvalue weighted by Crippen LogP contribution is 2.45. The van der Waals surface area contributed by atoms with Crippen molar-refractivity contribution in [1.82, 2.24) is 0 Å². The Morgan fingerprint density at radius 1 is 0.232 bits per heavy atom. The van der Waals surface area contributed by atoms with Gasteiger partial charge in [-0.3, -0.25) is 32.5 Å². The maximum absolute atomic E-state index is 13.1. The Kier molecular flexibility index (Phi) is 93.1. The van der Waals surface area contributed by atoms with E-state index in [0.717, 1.165) is 212 Å². The van der Waals surface area contributed by atoms with Gasteiger partial charge >= 0.3 is 33.6 Å². The Hall–Kier alpha value is -5.61. The van der Waals surface area contributed by atoms with Crippen molar-refractivity contribution in [3.8, 4) is 0 Å². The molecule has 5 atom stereocenters. The van der Waals surface area contributed by atoms with Gasteiger partial charge in [0.15, 0.2) is 6.10 Å². The second kappa shape index (κ2) is 97.4. The second-order valence-corrected chi connectivity index (χ2v) is 35.7. The number of hydrogen-bond acceptors (Lipinski definition) is 14. The van der Waals surface area contributed by atoms with Crippen LogP contribution in [0.4, 0.5) is 0 Å². The SMILES string of the molecule is CC/C=C\C/C=C\C/C=C\C/C=C\C/C=C\C/C=C\CCCCCCCCCCC(=O)OCC(COP(=O)(O)OCC(O)COP(=O)(O)OCC(O)COC(=O)CCCCCCCCCCCCCCCCCCCCC/C=C\C/C=C\C/C=C\C/C=C\CCCCC)OC(=O)CCCCCCCCCC/C=C\C/C=C\C/C=C\C/C=C\C/C=C\C/C=C\CC. The number of carbonyl (C=O) groups excluding carboxylic acids is 3. The molecule has 4 N–H and O–H groups in total. The smallest absolute Gasteiger partial charge is 0.463 e. The van der Waals surface area contributed by atoms with Gasteiger partial charge in [0.2, 0.25) is 0 Å². The summed E-state index contributed by atoms with van der Waals surface area (Å²) in [5.41, 5.74) is 0. The summed E-state index contributed by atoms with van der Waals surface area (Å²) in [6, 6.07) is 0. The molecule has 125 heavy (non-hydrogen) atoms. The van der Waals surface area contributed by atoms with Crippen LogP contribution in [0.1, 0.15) is 406 Å². The standard InChI is InChI=1S/C107H180O16P2/c1-4-7-10-13-16-19-22-25-28-31-34-37-40-43-46-47-48-49-50-51-52-53-56-58-60-63-66-69-72-75-78-81-84-87-90-93-105(110)117-96-102(108)97-119-124(113,114)120-98-103(109)99-121-125(115,116)122-101-104(123-107(112)95-92-89-86-83-80-77-74-71-68-65-62-59-55-45-42-39-36-33-30-27-24-21-18-15-12-9-6-3)100-118-106(111)94-91-88-85-82-79-76-73-70-67-64-61-57-54-44-41-38-35-32-29-26-23-20-17-14-11-8-5-2/h8-9,11-12,16-21,25-30,34-39,43-46,54-55,61-62,64-65,102-104,108-109H,4-7,10,13-15,22-24,31-33,40-42,47-53,56-60,63,66-101H2,1-3H3,(H,113,114)(H,115,116)/b11-8-,12-9-,19-16-,20-17-,21-18-,28-25-,29-26-,30-27-,37-34-,38-35-,39-36-,46-43-,54-44-,55-45-,64-61-,65-62-. The van der Waals surface area contributed by atoms with Crippen molar-refractivity contribution in [2.24, 2.45) is 0 Å². The number of ether oxygens (including phenoxy) is 3. The van der Waals surface area contributed by atoms with E-state index in [2.05, 4.69) is 215 Å². The maximum atomic E-state index is 13.1. The molecule has 0 aliphatic carbocycles. The number of hydrogen-bond donors (Lipinski definition) is 4.